The minimum atomic E-state index is -0.250. The Morgan fingerprint density at radius 2 is 2.08 bits per heavy atom. The molecule has 0 bridgehead atoms. The standard InChI is InChI=1S/C18H22FN3OS/c1-12(2)10-22-16(13-3-5-14(19)6-4-13)9-20-18(22)24-11-17(23)21-15-7-8-15/h3-6,9,12,15H,7-8,10-11H2,1-2H3,(H,21,23). The van der Waals surface area contributed by atoms with Crippen molar-refractivity contribution >= 4 is 17.7 Å². The number of carbonyl (C=O) groups excluding carboxylic acids is 1. The summed E-state index contributed by atoms with van der Waals surface area (Å²) in [6.45, 7) is 5.09. The first-order valence-electron chi connectivity index (χ1n) is 8.26. The van der Waals surface area contributed by atoms with Crippen LogP contribution >= 0.6 is 11.8 Å². The van der Waals surface area contributed by atoms with Crippen LogP contribution in [0.3, 0.4) is 0 Å². The first kappa shape index (κ1) is 17.0. The van der Waals surface area contributed by atoms with Crippen LogP contribution in [0.5, 0.6) is 0 Å². The molecular weight excluding hydrogens is 325 g/mol. The van der Waals surface area contributed by atoms with Crippen molar-refractivity contribution in [2.45, 2.75) is 44.4 Å². The largest absolute Gasteiger partial charge is 0.353 e. The maximum atomic E-state index is 13.2. The van der Waals surface area contributed by atoms with Crippen molar-refractivity contribution in [2.75, 3.05) is 5.75 Å². The van der Waals surface area contributed by atoms with E-state index in [1.165, 1.54) is 23.9 Å². The average Bonchev–Trinajstić information content (AvgIpc) is 3.26. The fourth-order valence-corrected chi connectivity index (χ4v) is 3.29. The molecule has 1 fully saturated rings. The Labute approximate surface area is 145 Å². The van der Waals surface area contributed by atoms with Gasteiger partial charge in [0.25, 0.3) is 0 Å². The quantitative estimate of drug-likeness (QED) is 0.777. The van der Waals surface area contributed by atoms with Crippen molar-refractivity contribution in [3.05, 3.63) is 36.3 Å². The fraction of sp³-hybridized carbons (Fsp3) is 0.444. The summed E-state index contributed by atoms with van der Waals surface area (Å²) in [6, 6.07) is 6.81. The maximum Gasteiger partial charge on any atom is 0.230 e. The number of halogens is 1. The molecule has 0 saturated heterocycles. The summed E-state index contributed by atoms with van der Waals surface area (Å²) in [5, 5.41) is 3.82. The molecule has 0 radical (unpaired) electrons. The second kappa shape index (κ2) is 7.38. The van der Waals surface area contributed by atoms with Gasteiger partial charge < -0.3 is 9.88 Å². The van der Waals surface area contributed by atoms with Gasteiger partial charge >= 0.3 is 0 Å². The Kier molecular flexibility index (Phi) is 5.23. The minimum absolute atomic E-state index is 0.0601. The van der Waals surface area contributed by atoms with Gasteiger partial charge in [-0.15, -0.1) is 0 Å². The fourth-order valence-electron chi connectivity index (χ4n) is 2.49. The molecule has 1 N–H and O–H groups in total. The molecule has 1 saturated carbocycles. The van der Waals surface area contributed by atoms with Gasteiger partial charge in [0.2, 0.25) is 5.91 Å². The number of rotatable bonds is 7. The number of nitrogens with zero attached hydrogens (tertiary/aromatic N) is 2. The monoisotopic (exact) mass is 347 g/mol. The number of imidazole rings is 1. The van der Waals surface area contributed by atoms with Crippen LogP contribution in [-0.4, -0.2) is 27.3 Å². The maximum absolute atomic E-state index is 13.2. The first-order chi connectivity index (χ1) is 11.5. The minimum Gasteiger partial charge on any atom is -0.353 e. The third kappa shape index (κ3) is 4.38. The Bertz CT molecular complexity index is 708. The van der Waals surface area contributed by atoms with Crippen LogP contribution in [0.2, 0.25) is 0 Å². The zero-order chi connectivity index (χ0) is 17.1. The third-order valence-electron chi connectivity index (χ3n) is 3.78. The molecule has 2 aromatic rings. The van der Waals surface area contributed by atoms with Crippen LogP contribution in [0.1, 0.15) is 26.7 Å². The van der Waals surface area contributed by atoms with Gasteiger partial charge in [-0.2, -0.15) is 0 Å². The Balaban J connectivity index is 1.77. The van der Waals surface area contributed by atoms with Crippen LogP contribution in [0, 0.1) is 11.7 Å². The summed E-state index contributed by atoms with van der Waals surface area (Å²) >= 11 is 1.45. The number of hydrogen-bond donors (Lipinski definition) is 1. The lowest BCUT2D eigenvalue weighted by Gasteiger charge is -2.14. The molecule has 6 heteroatoms. The number of carbonyl (C=O) groups is 1. The van der Waals surface area contributed by atoms with Gasteiger partial charge in [-0.05, 0) is 48.6 Å². The molecule has 4 nitrogen and oxygen atoms in total. The molecule has 1 aliphatic rings. The summed E-state index contributed by atoms with van der Waals surface area (Å²) in [4.78, 5) is 16.4. The molecule has 3 rings (SSSR count). The molecule has 0 atom stereocenters. The van der Waals surface area contributed by atoms with Crippen LogP contribution in [-0.2, 0) is 11.3 Å². The second-order valence-corrected chi connectivity index (χ2v) is 7.51. The van der Waals surface area contributed by atoms with E-state index in [2.05, 4.69) is 28.7 Å². The molecule has 24 heavy (non-hydrogen) atoms. The molecule has 0 spiro atoms. The average molecular weight is 347 g/mol. The number of amides is 1. The second-order valence-electron chi connectivity index (χ2n) is 6.57. The van der Waals surface area contributed by atoms with E-state index >= 15 is 0 Å². The summed E-state index contributed by atoms with van der Waals surface area (Å²) in [7, 11) is 0. The molecule has 0 unspecified atom stereocenters. The topological polar surface area (TPSA) is 46.9 Å². The zero-order valence-electron chi connectivity index (χ0n) is 14.0. The molecule has 1 aromatic heterocycles. The zero-order valence-corrected chi connectivity index (χ0v) is 14.8. The Morgan fingerprint density at radius 3 is 2.71 bits per heavy atom. The summed E-state index contributed by atoms with van der Waals surface area (Å²) in [5.41, 5.74) is 1.88. The predicted octanol–water partition coefficient (Wildman–Crippen LogP) is 3.72. The summed E-state index contributed by atoms with van der Waals surface area (Å²) in [6.07, 6.45) is 3.98. The van der Waals surface area contributed by atoms with E-state index in [1.54, 1.807) is 18.3 Å². The highest BCUT2D eigenvalue weighted by atomic mass is 32.2. The van der Waals surface area contributed by atoms with E-state index < -0.39 is 0 Å². The lowest BCUT2D eigenvalue weighted by Crippen LogP contribution is -2.27. The van der Waals surface area contributed by atoms with E-state index in [-0.39, 0.29) is 11.7 Å². The normalized spacial score (nSPS) is 14.2. The van der Waals surface area contributed by atoms with E-state index in [0.29, 0.717) is 17.7 Å². The van der Waals surface area contributed by atoms with Crippen LogP contribution < -0.4 is 5.32 Å². The number of thioether (sulfide) groups is 1. The number of hydrogen-bond acceptors (Lipinski definition) is 3. The van der Waals surface area contributed by atoms with Crippen molar-refractivity contribution < 1.29 is 9.18 Å². The van der Waals surface area contributed by atoms with Gasteiger partial charge in [0, 0.05) is 12.6 Å². The van der Waals surface area contributed by atoms with Gasteiger partial charge in [-0.25, -0.2) is 9.37 Å². The molecule has 128 valence electrons. The molecule has 1 amide bonds. The van der Waals surface area contributed by atoms with Crippen molar-refractivity contribution in [3.63, 3.8) is 0 Å². The molecular formula is C18H22FN3OS. The molecule has 0 aliphatic heterocycles. The highest BCUT2D eigenvalue weighted by Crippen LogP contribution is 2.27. The van der Waals surface area contributed by atoms with Crippen LogP contribution in [0.25, 0.3) is 11.3 Å². The van der Waals surface area contributed by atoms with Crippen molar-refractivity contribution in [3.8, 4) is 11.3 Å². The van der Waals surface area contributed by atoms with Crippen LogP contribution in [0.4, 0.5) is 4.39 Å². The summed E-state index contributed by atoms with van der Waals surface area (Å²) in [5.74, 6) is 0.622. The van der Waals surface area contributed by atoms with Crippen LogP contribution in [0.15, 0.2) is 35.6 Å². The molecule has 1 aliphatic carbocycles. The SMILES string of the molecule is CC(C)Cn1c(-c2ccc(F)cc2)cnc1SCC(=O)NC1CC1. The number of aromatic nitrogens is 2. The van der Waals surface area contributed by atoms with Crippen molar-refractivity contribution in [2.24, 2.45) is 5.92 Å². The van der Waals surface area contributed by atoms with Crippen molar-refractivity contribution in [1.82, 2.24) is 14.9 Å². The highest BCUT2D eigenvalue weighted by Gasteiger charge is 2.23. The number of nitrogens with one attached hydrogen (secondary N) is 1. The van der Waals surface area contributed by atoms with Crippen molar-refractivity contribution in [1.29, 1.82) is 0 Å². The van der Waals surface area contributed by atoms with Gasteiger partial charge in [0.05, 0.1) is 17.6 Å². The lowest BCUT2D eigenvalue weighted by molar-refractivity contribution is -0.118. The van der Waals surface area contributed by atoms with E-state index in [0.717, 1.165) is 35.8 Å². The third-order valence-corrected chi connectivity index (χ3v) is 4.77. The summed E-state index contributed by atoms with van der Waals surface area (Å²) < 4.78 is 15.3. The van der Waals surface area contributed by atoms with Gasteiger partial charge in [0.15, 0.2) is 5.16 Å². The highest BCUT2D eigenvalue weighted by molar-refractivity contribution is 7.99. The smallest absolute Gasteiger partial charge is 0.230 e. The van der Waals surface area contributed by atoms with E-state index in [1.807, 2.05) is 0 Å². The van der Waals surface area contributed by atoms with Gasteiger partial charge in [0.1, 0.15) is 5.82 Å². The van der Waals surface area contributed by atoms with Gasteiger partial charge in [-0.1, -0.05) is 25.6 Å². The number of benzene rings is 1. The Hall–Kier alpha value is -1.82. The van der Waals surface area contributed by atoms with E-state index in [4.69, 9.17) is 0 Å². The lowest BCUT2D eigenvalue weighted by atomic mass is 10.1. The predicted molar refractivity (Wildman–Crippen MR) is 94.3 cm³/mol. The van der Waals surface area contributed by atoms with E-state index in [9.17, 15) is 9.18 Å². The first-order valence-corrected chi connectivity index (χ1v) is 9.25. The Morgan fingerprint density at radius 1 is 1.38 bits per heavy atom. The van der Waals surface area contributed by atoms with Gasteiger partial charge in [-0.3, -0.25) is 4.79 Å². The molecule has 1 heterocycles. The molecule has 1 aromatic carbocycles.